The van der Waals surface area contributed by atoms with Crippen molar-refractivity contribution in [2.24, 2.45) is 0 Å². The normalized spacial score (nSPS) is 9.92. The lowest BCUT2D eigenvalue weighted by Gasteiger charge is -2.13. The molecule has 0 amide bonds. The predicted octanol–water partition coefficient (Wildman–Crippen LogP) is 2.93. The first-order chi connectivity index (χ1) is 6.11. The second-order valence-corrected chi connectivity index (χ2v) is 4.01. The molecule has 1 aromatic carbocycles. The zero-order valence-electron chi connectivity index (χ0n) is 8.27. The largest absolute Gasteiger partial charge is 0.493 e. The van der Waals surface area contributed by atoms with Crippen molar-refractivity contribution in [1.82, 2.24) is 0 Å². The van der Waals surface area contributed by atoms with Crippen molar-refractivity contribution in [3.63, 3.8) is 0 Å². The lowest BCUT2D eigenvalue weighted by Crippen LogP contribution is -1.97. The van der Waals surface area contributed by atoms with Crippen LogP contribution in [0.4, 0.5) is 0 Å². The van der Waals surface area contributed by atoms with E-state index in [1.165, 1.54) is 9.13 Å². The number of hydrogen-bond acceptors (Lipinski definition) is 2. The summed E-state index contributed by atoms with van der Waals surface area (Å²) in [7, 11) is 3.32. The number of methoxy groups -OCH3 is 2. The van der Waals surface area contributed by atoms with Crippen molar-refractivity contribution in [3.05, 3.63) is 20.8 Å². The minimum Gasteiger partial charge on any atom is -0.493 e. The lowest BCUT2D eigenvalue weighted by molar-refractivity contribution is 0.352. The van der Waals surface area contributed by atoms with E-state index < -0.39 is 0 Å². The van der Waals surface area contributed by atoms with Gasteiger partial charge in [-0.15, -0.1) is 0 Å². The van der Waals surface area contributed by atoms with Crippen LogP contribution in [0.1, 0.15) is 11.1 Å². The fourth-order valence-electron chi connectivity index (χ4n) is 1.23. The Hall–Kier alpha value is -0.450. The van der Waals surface area contributed by atoms with E-state index in [4.69, 9.17) is 9.47 Å². The molecule has 0 aliphatic rings. The molecule has 0 unspecified atom stereocenters. The average Bonchev–Trinajstić information content (AvgIpc) is 2.13. The van der Waals surface area contributed by atoms with Crippen LogP contribution >= 0.6 is 22.6 Å². The molecule has 1 aromatic rings. The Bertz CT molecular complexity index is 321. The first-order valence-corrected chi connectivity index (χ1v) is 5.07. The van der Waals surface area contributed by atoms with Crippen LogP contribution in [0.15, 0.2) is 6.07 Å². The van der Waals surface area contributed by atoms with Gasteiger partial charge in [0.05, 0.1) is 14.2 Å². The number of hydrogen-bond donors (Lipinski definition) is 0. The highest BCUT2D eigenvalue weighted by Gasteiger charge is 2.11. The summed E-state index contributed by atoms with van der Waals surface area (Å²) in [4.78, 5) is 0. The van der Waals surface area contributed by atoms with Crippen LogP contribution < -0.4 is 9.47 Å². The smallest absolute Gasteiger partial charge is 0.163 e. The van der Waals surface area contributed by atoms with E-state index in [1.54, 1.807) is 14.2 Å². The van der Waals surface area contributed by atoms with Crippen molar-refractivity contribution in [3.8, 4) is 11.5 Å². The quantitative estimate of drug-likeness (QED) is 0.780. The zero-order chi connectivity index (χ0) is 10.0. The van der Waals surface area contributed by atoms with Gasteiger partial charge in [-0.25, -0.2) is 0 Å². The molecule has 0 aliphatic carbocycles. The summed E-state index contributed by atoms with van der Waals surface area (Å²) >= 11 is 2.30. The molecule has 0 heterocycles. The van der Waals surface area contributed by atoms with Gasteiger partial charge in [0.15, 0.2) is 11.5 Å². The van der Waals surface area contributed by atoms with Crippen molar-refractivity contribution in [1.29, 1.82) is 0 Å². The molecule has 0 saturated carbocycles. The minimum absolute atomic E-state index is 0.801. The van der Waals surface area contributed by atoms with Crippen LogP contribution in [0.25, 0.3) is 0 Å². The zero-order valence-corrected chi connectivity index (χ0v) is 10.4. The molecule has 0 saturated heterocycles. The predicted molar refractivity (Wildman–Crippen MR) is 61.7 cm³/mol. The van der Waals surface area contributed by atoms with Crippen molar-refractivity contribution < 1.29 is 9.47 Å². The topological polar surface area (TPSA) is 18.5 Å². The van der Waals surface area contributed by atoms with Crippen LogP contribution in [0.3, 0.4) is 0 Å². The highest BCUT2D eigenvalue weighted by molar-refractivity contribution is 14.1. The summed E-state index contributed by atoms with van der Waals surface area (Å²) in [6, 6.07) is 1.99. The van der Waals surface area contributed by atoms with E-state index in [0.717, 1.165) is 17.1 Å². The third-order valence-corrected chi connectivity index (χ3v) is 3.29. The van der Waals surface area contributed by atoms with Gasteiger partial charge in [-0.3, -0.25) is 0 Å². The summed E-state index contributed by atoms with van der Waals surface area (Å²) in [6.07, 6.45) is 0. The Morgan fingerprint density at radius 3 is 2.15 bits per heavy atom. The second kappa shape index (κ2) is 4.17. The third kappa shape index (κ3) is 1.90. The third-order valence-electron chi connectivity index (χ3n) is 2.17. The van der Waals surface area contributed by atoms with Gasteiger partial charge < -0.3 is 9.47 Å². The highest BCUT2D eigenvalue weighted by atomic mass is 127. The summed E-state index contributed by atoms with van der Waals surface area (Å²) in [5.41, 5.74) is 2.39. The second-order valence-electron chi connectivity index (χ2n) is 2.84. The van der Waals surface area contributed by atoms with Crippen LogP contribution in [-0.4, -0.2) is 14.2 Å². The first-order valence-electron chi connectivity index (χ1n) is 3.99. The maximum atomic E-state index is 5.27. The molecule has 13 heavy (non-hydrogen) atoms. The van der Waals surface area contributed by atoms with Gasteiger partial charge in [0.2, 0.25) is 0 Å². The Balaban J connectivity index is 3.39. The fourth-order valence-corrected chi connectivity index (χ4v) is 1.92. The number of rotatable bonds is 2. The molecular formula is C10H13IO2. The molecule has 0 bridgehead atoms. The van der Waals surface area contributed by atoms with Gasteiger partial charge in [-0.1, -0.05) is 0 Å². The molecule has 0 atom stereocenters. The molecule has 3 heteroatoms. The van der Waals surface area contributed by atoms with Gasteiger partial charge in [0.25, 0.3) is 0 Å². The summed E-state index contributed by atoms with van der Waals surface area (Å²) in [5.74, 6) is 1.63. The van der Waals surface area contributed by atoms with Crippen LogP contribution in [0.2, 0.25) is 0 Å². The van der Waals surface area contributed by atoms with Crippen molar-refractivity contribution in [2.75, 3.05) is 14.2 Å². The van der Waals surface area contributed by atoms with Gasteiger partial charge in [0.1, 0.15) is 0 Å². The van der Waals surface area contributed by atoms with Gasteiger partial charge in [-0.05, 0) is 53.6 Å². The Morgan fingerprint density at radius 1 is 1.08 bits per heavy atom. The van der Waals surface area contributed by atoms with Crippen LogP contribution in [0.5, 0.6) is 11.5 Å². The van der Waals surface area contributed by atoms with E-state index in [9.17, 15) is 0 Å². The maximum absolute atomic E-state index is 5.27. The molecule has 0 spiro atoms. The Morgan fingerprint density at radius 2 is 1.69 bits per heavy atom. The average molecular weight is 292 g/mol. The van der Waals surface area contributed by atoms with E-state index in [1.807, 2.05) is 13.0 Å². The van der Waals surface area contributed by atoms with Crippen LogP contribution in [-0.2, 0) is 0 Å². The molecule has 0 N–H and O–H groups in total. The van der Waals surface area contributed by atoms with Gasteiger partial charge >= 0.3 is 0 Å². The SMILES string of the molecule is COc1cc(I)c(C)c(C)c1OC. The standard InChI is InChI=1S/C10H13IO2/c1-6-7(2)10(13-4)9(12-3)5-8(6)11/h5H,1-4H3. The van der Waals surface area contributed by atoms with Crippen molar-refractivity contribution in [2.45, 2.75) is 13.8 Å². The minimum atomic E-state index is 0.801. The van der Waals surface area contributed by atoms with Gasteiger partial charge in [-0.2, -0.15) is 0 Å². The van der Waals surface area contributed by atoms with Crippen molar-refractivity contribution >= 4 is 22.6 Å². The first kappa shape index (κ1) is 10.6. The van der Waals surface area contributed by atoms with E-state index in [0.29, 0.717) is 0 Å². The molecule has 72 valence electrons. The lowest BCUT2D eigenvalue weighted by atomic mass is 10.1. The van der Waals surface area contributed by atoms with E-state index >= 15 is 0 Å². The molecule has 0 aliphatic heterocycles. The number of ether oxygens (including phenoxy) is 2. The molecule has 0 fully saturated rings. The highest BCUT2D eigenvalue weighted by Crippen LogP contribution is 2.35. The molecular weight excluding hydrogens is 279 g/mol. The summed E-state index contributed by atoms with van der Waals surface area (Å²) in [6.45, 7) is 4.12. The monoisotopic (exact) mass is 292 g/mol. The molecule has 0 radical (unpaired) electrons. The van der Waals surface area contributed by atoms with E-state index in [-0.39, 0.29) is 0 Å². The number of halogens is 1. The molecule has 0 aromatic heterocycles. The molecule has 1 rings (SSSR count). The Labute approximate surface area is 92.4 Å². The Kier molecular flexibility index (Phi) is 3.41. The van der Waals surface area contributed by atoms with E-state index in [2.05, 4.69) is 29.5 Å². The van der Waals surface area contributed by atoms with Crippen LogP contribution in [0, 0.1) is 17.4 Å². The van der Waals surface area contributed by atoms with Gasteiger partial charge in [0, 0.05) is 3.57 Å². The summed E-state index contributed by atoms with van der Waals surface area (Å²) in [5, 5.41) is 0. The number of benzene rings is 1. The fraction of sp³-hybridized carbons (Fsp3) is 0.400. The maximum Gasteiger partial charge on any atom is 0.163 e. The summed E-state index contributed by atoms with van der Waals surface area (Å²) < 4.78 is 11.7. The molecule has 2 nitrogen and oxygen atoms in total.